The van der Waals surface area contributed by atoms with Crippen LogP contribution in [-0.4, -0.2) is 22.7 Å². The zero-order valence-corrected chi connectivity index (χ0v) is 17.9. The molecule has 3 rings (SSSR count). The van der Waals surface area contributed by atoms with E-state index < -0.39 is 17.7 Å². The summed E-state index contributed by atoms with van der Waals surface area (Å²) in [5.41, 5.74) is 5.83. The van der Waals surface area contributed by atoms with Crippen molar-refractivity contribution in [3.63, 3.8) is 0 Å². The SMILES string of the molecule is CC(C)CC(C)COc1ccc(-c2ccnc(N)c2)cc1C(F)(F)F.O=C(O)C1CC1. The van der Waals surface area contributed by atoms with Crippen molar-refractivity contribution < 1.29 is 27.8 Å². The Labute approximate surface area is 180 Å². The molecule has 0 bridgehead atoms. The zero-order chi connectivity index (χ0) is 23.2. The van der Waals surface area contributed by atoms with Crippen LogP contribution in [-0.2, 0) is 11.0 Å². The van der Waals surface area contributed by atoms with E-state index >= 15 is 0 Å². The number of nitrogens with zero attached hydrogens (tertiary/aromatic N) is 1. The van der Waals surface area contributed by atoms with Crippen LogP contribution in [0.5, 0.6) is 5.75 Å². The molecule has 5 nitrogen and oxygen atoms in total. The van der Waals surface area contributed by atoms with Crippen LogP contribution < -0.4 is 10.5 Å². The third-order valence-corrected chi connectivity index (χ3v) is 4.72. The van der Waals surface area contributed by atoms with E-state index in [-0.39, 0.29) is 30.0 Å². The van der Waals surface area contributed by atoms with E-state index in [1.54, 1.807) is 18.2 Å². The molecular formula is C23H29F3N2O3. The van der Waals surface area contributed by atoms with E-state index in [0.29, 0.717) is 17.0 Å². The molecule has 1 aromatic carbocycles. The maximum atomic E-state index is 13.4. The van der Waals surface area contributed by atoms with E-state index in [1.807, 2.05) is 6.92 Å². The Morgan fingerprint density at radius 2 is 1.84 bits per heavy atom. The van der Waals surface area contributed by atoms with Crippen LogP contribution in [0.2, 0.25) is 0 Å². The van der Waals surface area contributed by atoms with E-state index in [1.165, 1.54) is 12.3 Å². The van der Waals surface area contributed by atoms with Gasteiger partial charge in [0.25, 0.3) is 0 Å². The molecule has 8 heteroatoms. The molecule has 31 heavy (non-hydrogen) atoms. The summed E-state index contributed by atoms with van der Waals surface area (Å²) in [5, 5.41) is 8.05. The van der Waals surface area contributed by atoms with Crippen LogP contribution in [0, 0.1) is 17.8 Å². The number of aromatic nitrogens is 1. The fraction of sp³-hybridized carbons (Fsp3) is 0.478. The molecule has 1 aliphatic rings. The maximum absolute atomic E-state index is 13.4. The van der Waals surface area contributed by atoms with Gasteiger partial charge in [-0.1, -0.05) is 26.8 Å². The Hall–Kier alpha value is -2.77. The summed E-state index contributed by atoms with van der Waals surface area (Å²) in [7, 11) is 0. The number of nitrogens with two attached hydrogens (primary N) is 1. The van der Waals surface area contributed by atoms with Gasteiger partial charge in [0.15, 0.2) is 0 Å². The summed E-state index contributed by atoms with van der Waals surface area (Å²) in [4.78, 5) is 13.6. The number of pyridine rings is 1. The monoisotopic (exact) mass is 438 g/mol. The lowest BCUT2D eigenvalue weighted by Crippen LogP contribution is -2.14. The van der Waals surface area contributed by atoms with Crippen molar-refractivity contribution in [2.75, 3.05) is 12.3 Å². The minimum atomic E-state index is -4.49. The molecule has 1 heterocycles. The van der Waals surface area contributed by atoms with Gasteiger partial charge in [-0.25, -0.2) is 4.98 Å². The van der Waals surface area contributed by atoms with Crippen LogP contribution in [0.4, 0.5) is 19.0 Å². The number of aliphatic carboxylic acids is 1. The molecule has 1 atom stereocenters. The summed E-state index contributed by atoms with van der Waals surface area (Å²) < 4.78 is 45.8. The van der Waals surface area contributed by atoms with Crippen LogP contribution in [0.3, 0.4) is 0 Å². The van der Waals surface area contributed by atoms with Gasteiger partial charge in [0.05, 0.1) is 18.1 Å². The molecule has 0 radical (unpaired) electrons. The van der Waals surface area contributed by atoms with Crippen molar-refractivity contribution in [2.24, 2.45) is 17.8 Å². The molecule has 1 aliphatic carbocycles. The first kappa shape index (κ1) is 24.5. The lowest BCUT2D eigenvalue weighted by atomic mass is 9.99. The first-order valence-electron chi connectivity index (χ1n) is 10.3. The quantitative estimate of drug-likeness (QED) is 0.563. The zero-order valence-electron chi connectivity index (χ0n) is 17.9. The van der Waals surface area contributed by atoms with Crippen molar-refractivity contribution >= 4 is 11.8 Å². The number of carboxylic acid groups (broad SMARTS) is 1. The summed E-state index contributed by atoms with van der Waals surface area (Å²) in [6.45, 7) is 6.38. The van der Waals surface area contributed by atoms with Gasteiger partial charge >= 0.3 is 12.1 Å². The average molecular weight is 438 g/mol. The summed E-state index contributed by atoms with van der Waals surface area (Å²) in [5.74, 6) is 0.156. The molecule has 1 saturated carbocycles. The molecule has 1 unspecified atom stereocenters. The number of halogens is 3. The Morgan fingerprint density at radius 1 is 1.19 bits per heavy atom. The Kier molecular flexibility index (Phi) is 8.30. The fourth-order valence-corrected chi connectivity index (χ4v) is 3.12. The first-order chi connectivity index (χ1) is 14.5. The number of anilines is 1. The fourth-order valence-electron chi connectivity index (χ4n) is 3.12. The van der Waals surface area contributed by atoms with Crippen molar-refractivity contribution in [2.45, 2.75) is 46.2 Å². The number of alkyl halides is 3. The number of benzene rings is 1. The highest BCUT2D eigenvalue weighted by Gasteiger charge is 2.35. The van der Waals surface area contributed by atoms with Gasteiger partial charge in [0.1, 0.15) is 11.6 Å². The number of hydrogen-bond acceptors (Lipinski definition) is 4. The third kappa shape index (κ3) is 8.11. The molecule has 1 aromatic heterocycles. The highest BCUT2D eigenvalue weighted by atomic mass is 19.4. The Bertz CT molecular complexity index is 881. The second kappa shape index (κ2) is 10.5. The number of ether oxygens (including phenoxy) is 1. The standard InChI is InChI=1S/C19H23F3N2O.C4H6O2/c1-12(2)8-13(3)11-25-17-5-4-14(9-16(17)19(20,21)22)15-6-7-24-18(23)10-15;5-4(6)3-1-2-3/h4-7,9-10,12-13H,8,11H2,1-3H3,(H2,23,24);3H,1-2H2,(H,5,6). The average Bonchev–Trinajstić information content (AvgIpc) is 3.51. The predicted molar refractivity (Wildman–Crippen MR) is 114 cm³/mol. The van der Waals surface area contributed by atoms with Crippen molar-refractivity contribution in [1.29, 1.82) is 0 Å². The first-order valence-corrected chi connectivity index (χ1v) is 10.3. The van der Waals surface area contributed by atoms with Gasteiger partial charge in [-0.3, -0.25) is 4.79 Å². The molecule has 3 N–H and O–H groups in total. The van der Waals surface area contributed by atoms with Crippen molar-refractivity contribution in [3.8, 4) is 16.9 Å². The third-order valence-electron chi connectivity index (χ3n) is 4.72. The van der Waals surface area contributed by atoms with Crippen LogP contribution >= 0.6 is 0 Å². The second-order valence-electron chi connectivity index (χ2n) is 8.34. The second-order valence-corrected chi connectivity index (χ2v) is 8.34. The van der Waals surface area contributed by atoms with E-state index in [4.69, 9.17) is 15.6 Å². The van der Waals surface area contributed by atoms with Crippen LogP contribution in [0.1, 0.15) is 45.6 Å². The molecule has 0 spiro atoms. The molecule has 2 aromatic rings. The van der Waals surface area contributed by atoms with Gasteiger partial charge in [-0.05, 0) is 66.5 Å². The minimum absolute atomic E-state index is 0.0185. The maximum Gasteiger partial charge on any atom is 0.419 e. The Morgan fingerprint density at radius 3 is 2.32 bits per heavy atom. The minimum Gasteiger partial charge on any atom is -0.493 e. The van der Waals surface area contributed by atoms with E-state index in [0.717, 1.165) is 25.3 Å². The number of carboxylic acids is 1. The predicted octanol–water partition coefficient (Wildman–Crippen LogP) is 5.89. The number of nitrogen functional groups attached to an aromatic ring is 1. The number of carbonyl (C=O) groups is 1. The van der Waals surface area contributed by atoms with Gasteiger partial charge in [-0.15, -0.1) is 0 Å². The smallest absolute Gasteiger partial charge is 0.419 e. The van der Waals surface area contributed by atoms with Crippen LogP contribution in [0.25, 0.3) is 11.1 Å². The summed E-state index contributed by atoms with van der Waals surface area (Å²) >= 11 is 0. The van der Waals surface area contributed by atoms with Gasteiger partial charge in [0.2, 0.25) is 0 Å². The summed E-state index contributed by atoms with van der Waals surface area (Å²) in [6, 6.07) is 7.23. The molecule has 170 valence electrons. The molecule has 0 saturated heterocycles. The number of hydrogen-bond donors (Lipinski definition) is 2. The van der Waals surface area contributed by atoms with Crippen molar-refractivity contribution in [3.05, 3.63) is 42.1 Å². The molecule has 0 amide bonds. The number of rotatable bonds is 7. The van der Waals surface area contributed by atoms with Crippen molar-refractivity contribution in [1.82, 2.24) is 4.98 Å². The van der Waals surface area contributed by atoms with E-state index in [2.05, 4.69) is 18.8 Å². The Balaban J connectivity index is 0.000000488. The molecule has 1 fully saturated rings. The summed E-state index contributed by atoms with van der Waals surface area (Å²) in [6.07, 6.45) is -0.332. The van der Waals surface area contributed by atoms with Gasteiger partial charge in [0, 0.05) is 6.20 Å². The van der Waals surface area contributed by atoms with Gasteiger partial charge < -0.3 is 15.6 Å². The van der Waals surface area contributed by atoms with E-state index in [9.17, 15) is 18.0 Å². The molecule has 0 aliphatic heterocycles. The molecular weight excluding hydrogens is 409 g/mol. The highest BCUT2D eigenvalue weighted by molar-refractivity contribution is 5.72. The lowest BCUT2D eigenvalue weighted by Gasteiger charge is -2.19. The highest BCUT2D eigenvalue weighted by Crippen LogP contribution is 2.39. The lowest BCUT2D eigenvalue weighted by molar-refractivity contribution is -0.139. The normalized spacial score (nSPS) is 14.5. The largest absolute Gasteiger partial charge is 0.493 e. The topological polar surface area (TPSA) is 85.4 Å². The van der Waals surface area contributed by atoms with Gasteiger partial charge in [-0.2, -0.15) is 13.2 Å². The van der Waals surface area contributed by atoms with Crippen LogP contribution in [0.15, 0.2) is 36.5 Å².